The fourth-order valence-corrected chi connectivity index (χ4v) is 0.941. The Labute approximate surface area is 79.0 Å². The van der Waals surface area contributed by atoms with Gasteiger partial charge >= 0.3 is 0 Å². The van der Waals surface area contributed by atoms with Crippen LogP contribution >= 0.6 is 0 Å². The first-order valence-electron chi connectivity index (χ1n) is 4.40. The Bertz CT molecular complexity index is 177. The predicted octanol–water partition coefficient (Wildman–Crippen LogP) is 0.616. The number of hydrogen-bond acceptors (Lipinski definition) is 3. The fraction of sp³-hybridized carbons (Fsp3) is 0.600. The van der Waals surface area contributed by atoms with E-state index in [1.807, 2.05) is 13.0 Å². The molecule has 0 bridgehead atoms. The molecule has 0 amide bonds. The van der Waals surface area contributed by atoms with E-state index in [2.05, 4.69) is 0 Å². The van der Waals surface area contributed by atoms with E-state index in [1.165, 1.54) is 0 Å². The van der Waals surface area contributed by atoms with Crippen molar-refractivity contribution < 1.29 is 15.3 Å². The SMILES string of the molecule is C/C(CCC=C(CO)CO)=[13CH]\CO. The highest BCUT2D eigenvalue weighted by Gasteiger charge is 1.92. The van der Waals surface area contributed by atoms with E-state index in [9.17, 15) is 0 Å². The zero-order valence-corrected chi connectivity index (χ0v) is 8.03. The van der Waals surface area contributed by atoms with Gasteiger partial charge in [-0.1, -0.05) is 17.7 Å². The lowest BCUT2D eigenvalue weighted by atomic mass is 10.1. The van der Waals surface area contributed by atoms with Crippen LogP contribution in [0.1, 0.15) is 19.8 Å². The summed E-state index contributed by atoms with van der Waals surface area (Å²) >= 11 is 0. The van der Waals surface area contributed by atoms with Crippen molar-refractivity contribution in [1.82, 2.24) is 0 Å². The Kier molecular flexibility index (Phi) is 7.59. The Morgan fingerprint density at radius 2 is 1.69 bits per heavy atom. The van der Waals surface area contributed by atoms with Gasteiger partial charge < -0.3 is 15.3 Å². The molecule has 3 nitrogen and oxygen atoms in total. The molecule has 0 aliphatic rings. The maximum Gasteiger partial charge on any atom is 0.0663 e. The number of hydrogen-bond donors (Lipinski definition) is 3. The molecule has 0 unspecified atom stereocenters. The van der Waals surface area contributed by atoms with Crippen LogP contribution in [-0.2, 0) is 0 Å². The van der Waals surface area contributed by atoms with Crippen LogP contribution in [0.5, 0.6) is 0 Å². The Morgan fingerprint density at radius 1 is 1.08 bits per heavy atom. The first-order valence-corrected chi connectivity index (χ1v) is 4.40. The smallest absolute Gasteiger partial charge is 0.0663 e. The lowest BCUT2D eigenvalue weighted by Gasteiger charge is -2.00. The topological polar surface area (TPSA) is 60.7 Å². The highest BCUT2D eigenvalue weighted by molar-refractivity contribution is 5.05. The molecule has 0 aliphatic heterocycles. The summed E-state index contributed by atoms with van der Waals surface area (Å²) in [4.78, 5) is 0. The van der Waals surface area contributed by atoms with Crippen molar-refractivity contribution in [3.05, 3.63) is 23.3 Å². The summed E-state index contributed by atoms with van der Waals surface area (Å²) < 4.78 is 0. The molecular formula is C10H18O3. The third-order valence-corrected chi connectivity index (χ3v) is 1.82. The zero-order valence-electron chi connectivity index (χ0n) is 8.03. The normalized spacial score (nSPS) is 11.5. The van der Waals surface area contributed by atoms with Gasteiger partial charge in [-0.25, -0.2) is 0 Å². The van der Waals surface area contributed by atoms with E-state index in [-0.39, 0.29) is 19.8 Å². The highest BCUT2D eigenvalue weighted by Crippen LogP contribution is 2.05. The summed E-state index contributed by atoms with van der Waals surface area (Å²) in [5.41, 5.74) is 1.77. The minimum atomic E-state index is -0.0841. The van der Waals surface area contributed by atoms with E-state index in [1.54, 1.807) is 6.08 Å². The van der Waals surface area contributed by atoms with Gasteiger partial charge in [-0.15, -0.1) is 0 Å². The van der Waals surface area contributed by atoms with Crippen molar-refractivity contribution in [2.45, 2.75) is 19.8 Å². The van der Waals surface area contributed by atoms with Gasteiger partial charge in [-0.05, 0) is 25.3 Å². The number of aliphatic hydroxyl groups is 3. The van der Waals surface area contributed by atoms with Gasteiger partial charge in [-0.3, -0.25) is 0 Å². The number of rotatable bonds is 6. The van der Waals surface area contributed by atoms with Crippen LogP contribution in [0.25, 0.3) is 0 Å². The molecule has 0 radical (unpaired) electrons. The van der Waals surface area contributed by atoms with E-state index >= 15 is 0 Å². The summed E-state index contributed by atoms with van der Waals surface area (Å²) in [6.07, 6.45) is 5.23. The minimum Gasteiger partial charge on any atom is -0.392 e. The maximum absolute atomic E-state index is 8.71. The van der Waals surface area contributed by atoms with Crippen molar-refractivity contribution in [3.63, 3.8) is 0 Å². The third-order valence-electron chi connectivity index (χ3n) is 1.82. The summed E-state index contributed by atoms with van der Waals surface area (Å²) in [6, 6.07) is 0. The van der Waals surface area contributed by atoms with Crippen molar-refractivity contribution in [2.24, 2.45) is 0 Å². The number of allylic oxidation sites excluding steroid dienone is 2. The quantitative estimate of drug-likeness (QED) is 0.422. The van der Waals surface area contributed by atoms with Crippen molar-refractivity contribution in [1.29, 1.82) is 0 Å². The minimum absolute atomic E-state index is 0.0718. The second-order valence-corrected chi connectivity index (χ2v) is 2.95. The van der Waals surface area contributed by atoms with Crippen LogP contribution in [0.2, 0.25) is 0 Å². The predicted molar refractivity (Wildman–Crippen MR) is 52.3 cm³/mol. The molecule has 0 fully saturated rings. The molecule has 0 saturated heterocycles. The maximum atomic E-state index is 8.71. The van der Waals surface area contributed by atoms with Gasteiger partial charge in [0.25, 0.3) is 0 Å². The van der Waals surface area contributed by atoms with Crippen LogP contribution in [0.4, 0.5) is 0 Å². The van der Waals surface area contributed by atoms with E-state index < -0.39 is 0 Å². The Balaban J connectivity index is 3.76. The average Bonchev–Trinajstić information content (AvgIpc) is 2.13. The highest BCUT2D eigenvalue weighted by atomic mass is 16.3. The standard InChI is InChI=1S/C10H18O3/c1-9(5-6-11)3-2-4-10(7-12)8-13/h4-5,11-13H,2-3,6-8H2,1H3/b9-5+/i5+1. The molecule has 3 N–H and O–H groups in total. The molecule has 0 aromatic heterocycles. The molecule has 0 aromatic rings. The zero-order chi connectivity index (χ0) is 10.1. The first-order chi connectivity index (χ1) is 6.24. The van der Waals surface area contributed by atoms with Gasteiger partial charge in [0.2, 0.25) is 0 Å². The second kappa shape index (κ2) is 7.98. The summed E-state index contributed by atoms with van der Waals surface area (Å²) in [7, 11) is 0. The van der Waals surface area contributed by atoms with Crippen LogP contribution in [0.3, 0.4) is 0 Å². The van der Waals surface area contributed by atoms with Gasteiger partial charge in [-0.2, -0.15) is 0 Å². The van der Waals surface area contributed by atoms with Gasteiger partial charge in [0.1, 0.15) is 0 Å². The molecule has 0 atom stereocenters. The van der Waals surface area contributed by atoms with E-state index in [0.717, 1.165) is 18.4 Å². The molecule has 13 heavy (non-hydrogen) atoms. The molecule has 0 aliphatic carbocycles. The molecule has 0 rings (SSSR count). The Hall–Kier alpha value is -0.640. The number of aliphatic hydroxyl groups excluding tert-OH is 3. The van der Waals surface area contributed by atoms with Gasteiger partial charge in [0.15, 0.2) is 0 Å². The van der Waals surface area contributed by atoms with Crippen LogP contribution in [0, 0.1) is 0 Å². The van der Waals surface area contributed by atoms with Crippen molar-refractivity contribution in [2.75, 3.05) is 19.8 Å². The third kappa shape index (κ3) is 6.51. The lowest BCUT2D eigenvalue weighted by Crippen LogP contribution is -1.95. The summed E-state index contributed by atoms with van der Waals surface area (Å²) in [6.45, 7) is 1.85. The molecule has 3 heteroatoms. The summed E-state index contributed by atoms with van der Waals surface area (Å²) in [5.74, 6) is 0. The average molecular weight is 187 g/mol. The molecule has 0 aromatic carbocycles. The van der Waals surface area contributed by atoms with E-state index in [4.69, 9.17) is 15.3 Å². The van der Waals surface area contributed by atoms with Crippen LogP contribution < -0.4 is 0 Å². The molecule has 76 valence electrons. The van der Waals surface area contributed by atoms with Gasteiger partial charge in [0, 0.05) is 0 Å². The summed E-state index contributed by atoms with van der Waals surface area (Å²) in [5, 5.41) is 26.0. The largest absolute Gasteiger partial charge is 0.392 e. The monoisotopic (exact) mass is 187 g/mol. The lowest BCUT2D eigenvalue weighted by molar-refractivity contribution is 0.276. The molecular weight excluding hydrogens is 169 g/mol. The van der Waals surface area contributed by atoms with Crippen LogP contribution in [0.15, 0.2) is 23.3 Å². The van der Waals surface area contributed by atoms with E-state index in [0.29, 0.717) is 5.57 Å². The van der Waals surface area contributed by atoms with Crippen molar-refractivity contribution >= 4 is 0 Å². The molecule has 0 heterocycles. The van der Waals surface area contributed by atoms with Crippen molar-refractivity contribution in [3.8, 4) is 0 Å². The fourth-order valence-electron chi connectivity index (χ4n) is 0.941. The Morgan fingerprint density at radius 3 is 2.15 bits per heavy atom. The second-order valence-electron chi connectivity index (χ2n) is 2.95. The van der Waals surface area contributed by atoms with Crippen LogP contribution in [-0.4, -0.2) is 35.1 Å². The first kappa shape index (κ1) is 12.4. The molecule has 0 saturated carbocycles. The molecule has 0 spiro atoms. The van der Waals surface area contributed by atoms with Gasteiger partial charge in [0.05, 0.1) is 19.8 Å².